The zero-order valence-corrected chi connectivity index (χ0v) is 22.0. The van der Waals surface area contributed by atoms with Gasteiger partial charge in [0.2, 0.25) is 0 Å². The molecule has 3 aromatic carbocycles. The number of aliphatic carboxylic acids is 1. The van der Waals surface area contributed by atoms with Crippen molar-refractivity contribution in [1.29, 1.82) is 0 Å². The molecule has 6 heteroatoms. The molecule has 36 heavy (non-hydrogen) atoms. The molecule has 3 rings (SSSR count). The van der Waals surface area contributed by atoms with Gasteiger partial charge in [0.05, 0.1) is 5.92 Å². The number of unbranched alkanes of at least 4 members (excludes halogenated alkanes) is 2. The van der Waals surface area contributed by atoms with Crippen molar-refractivity contribution >= 4 is 29.4 Å². The highest BCUT2D eigenvalue weighted by molar-refractivity contribution is 7.99. The summed E-state index contributed by atoms with van der Waals surface area (Å²) in [6.07, 6.45) is 4.51. The predicted molar refractivity (Wildman–Crippen MR) is 148 cm³/mol. The van der Waals surface area contributed by atoms with Gasteiger partial charge in [0.25, 0.3) is 0 Å². The van der Waals surface area contributed by atoms with Gasteiger partial charge < -0.3 is 10.4 Å². The van der Waals surface area contributed by atoms with Crippen LogP contribution >= 0.6 is 11.8 Å². The first-order chi connectivity index (χ1) is 17.5. The van der Waals surface area contributed by atoms with Gasteiger partial charge in [0.15, 0.2) is 0 Å². The Labute approximate surface area is 218 Å². The molecule has 0 aliphatic rings. The van der Waals surface area contributed by atoms with E-state index in [0.717, 1.165) is 46.7 Å². The average Bonchev–Trinajstić information content (AvgIpc) is 2.89. The predicted octanol–water partition coefficient (Wildman–Crippen LogP) is 7.36. The van der Waals surface area contributed by atoms with Crippen LogP contribution in [0.4, 0.5) is 10.5 Å². The molecule has 0 radical (unpaired) electrons. The number of hydrogen-bond donors (Lipinski definition) is 2. The monoisotopic (exact) mass is 504 g/mol. The van der Waals surface area contributed by atoms with E-state index < -0.39 is 11.9 Å². The first-order valence-corrected chi connectivity index (χ1v) is 13.5. The molecule has 0 saturated carbocycles. The molecule has 0 aliphatic carbocycles. The molecule has 0 fully saturated rings. The standard InChI is InChI=1S/C30H36N2O3S/c1-3-5-9-20-31-30(35)32(21-19-23-11-7-6-8-12-23)25-13-10-14-27(22-25)36-26-17-15-24(16-18-26)28(4-2)29(33)34/h6-8,10-18,22,28H,3-5,9,19-21H2,1-2H3,(H,31,35)(H,33,34). The zero-order valence-electron chi connectivity index (χ0n) is 21.2. The number of urea groups is 1. The number of nitrogens with one attached hydrogen (secondary N) is 1. The molecule has 3 aromatic rings. The Hall–Kier alpha value is -3.25. The van der Waals surface area contributed by atoms with Gasteiger partial charge in [0.1, 0.15) is 0 Å². The molecule has 0 aromatic heterocycles. The van der Waals surface area contributed by atoms with Crippen LogP contribution in [0.15, 0.2) is 88.7 Å². The van der Waals surface area contributed by atoms with Crippen LogP contribution in [-0.2, 0) is 11.2 Å². The third-order valence-corrected chi connectivity index (χ3v) is 7.12. The highest BCUT2D eigenvalue weighted by atomic mass is 32.2. The molecule has 2 N–H and O–H groups in total. The quantitative estimate of drug-likeness (QED) is 0.239. The Kier molecular flexibility index (Phi) is 10.9. The number of carbonyl (C=O) groups excluding carboxylic acids is 1. The summed E-state index contributed by atoms with van der Waals surface area (Å²) in [5, 5.41) is 12.5. The molecule has 0 saturated heterocycles. The SMILES string of the molecule is CCCCCNC(=O)N(CCc1ccccc1)c1cccc(Sc2ccc(C(CC)C(=O)O)cc2)c1. The number of benzene rings is 3. The van der Waals surface area contributed by atoms with Gasteiger partial charge in [-0.2, -0.15) is 0 Å². The normalized spacial score (nSPS) is 11.6. The molecule has 5 nitrogen and oxygen atoms in total. The first-order valence-electron chi connectivity index (χ1n) is 12.7. The number of carboxylic acids is 1. The lowest BCUT2D eigenvalue weighted by Crippen LogP contribution is -2.41. The fourth-order valence-corrected chi connectivity index (χ4v) is 4.94. The summed E-state index contributed by atoms with van der Waals surface area (Å²) < 4.78 is 0. The van der Waals surface area contributed by atoms with E-state index in [1.807, 2.05) is 78.6 Å². The molecule has 1 unspecified atom stereocenters. The highest BCUT2D eigenvalue weighted by Gasteiger charge is 2.18. The van der Waals surface area contributed by atoms with E-state index in [2.05, 4.69) is 24.4 Å². The maximum atomic E-state index is 13.1. The second-order valence-electron chi connectivity index (χ2n) is 8.79. The summed E-state index contributed by atoms with van der Waals surface area (Å²) in [5.41, 5.74) is 2.87. The van der Waals surface area contributed by atoms with Gasteiger partial charge in [-0.1, -0.05) is 87.0 Å². The van der Waals surface area contributed by atoms with Crippen LogP contribution in [-0.4, -0.2) is 30.2 Å². The van der Waals surface area contributed by atoms with Crippen LogP contribution in [0.25, 0.3) is 0 Å². The first kappa shape index (κ1) is 27.3. The summed E-state index contributed by atoms with van der Waals surface area (Å²) in [4.78, 5) is 28.5. The summed E-state index contributed by atoms with van der Waals surface area (Å²) in [7, 11) is 0. The molecule has 190 valence electrons. The third-order valence-electron chi connectivity index (χ3n) is 6.12. The lowest BCUT2D eigenvalue weighted by Gasteiger charge is -2.24. The maximum Gasteiger partial charge on any atom is 0.321 e. The summed E-state index contributed by atoms with van der Waals surface area (Å²) in [6, 6.07) is 25.9. The maximum absolute atomic E-state index is 13.1. The Morgan fingerprint density at radius 3 is 2.33 bits per heavy atom. The Morgan fingerprint density at radius 2 is 1.67 bits per heavy atom. The van der Waals surface area contributed by atoms with Crippen molar-refractivity contribution in [2.45, 2.75) is 61.7 Å². The van der Waals surface area contributed by atoms with Gasteiger partial charge in [-0.3, -0.25) is 9.69 Å². The van der Waals surface area contributed by atoms with E-state index in [-0.39, 0.29) is 6.03 Å². The van der Waals surface area contributed by atoms with Gasteiger partial charge >= 0.3 is 12.0 Å². The highest BCUT2D eigenvalue weighted by Crippen LogP contribution is 2.32. The second-order valence-corrected chi connectivity index (χ2v) is 9.94. The number of hydrogen-bond acceptors (Lipinski definition) is 3. The van der Waals surface area contributed by atoms with Crippen LogP contribution in [0.3, 0.4) is 0 Å². The lowest BCUT2D eigenvalue weighted by molar-refractivity contribution is -0.138. The van der Waals surface area contributed by atoms with Crippen molar-refractivity contribution in [1.82, 2.24) is 5.32 Å². The van der Waals surface area contributed by atoms with Gasteiger partial charge in [-0.25, -0.2) is 4.79 Å². The second kappa shape index (κ2) is 14.3. The molecular weight excluding hydrogens is 468 g/mol. The van der Waals surface area contributed by atoms with E-state index in [9.17, 15) is 14.7 Å². The minimum absolute atomic E-state index is 0.0761. The largest absolute Gasteiger partial charge is 0.481 e. The number of amides is 2. The molecule has 1 atom stereocenters. The fraction of sp³-hybridized carbons (Fsp3) is 0.333. The minimum Gasteiger partial charge on any atom is -0.481 e. The number of carboxylic acid groups (broad SMARTS) is 1. The van der Waals surface area contributed by atoms with E-state index in [1.54, 1.807) is 11.8 Å². The van der Waals surface area contributed by atoms with E-state index in [1.165, 1.54) is 5.56 Å². The van der Waals surface area contributed by atoms with E-state index in [0.29, 0.717) is 19.5 Å². The Morgan fingerprint density at radius 1 is 0.917 bits per heavy atom. The van der Waals surface area contributed by atoms with Crippen LogP contribution in [0.1, 0.15) is 56.6 Å². The molecule has 0 spiro atoms. The van der Waals surface area contributed by atoms with Crippen LogP contribution < -0.4 is 10.2 Å². The van der Waals surface area contributed by atoms with E-state index in [4.69, 9.17) is 0 Å². The summed E-state index contributed by atoms with van der Waals surface area (Å²) >= 11 is 1.60. The number of carbonyl (C=O) groups is 2. The van der Waals surface area contributed by atoms with Crippen molar-refractivity contribution in [3.63, 3.8) is 0 Å². The molecule has 0 bridgehead atoms. The number of nitrogens with zero attached hydrogens (tertiary/aromatic N) is 1. The number of anilines is 1. The number of rotatable bonds is 13. The van der Waals surface area contributed by atoms with Crippen molar-refractivity contribution in [2.24, 2.45) is 0 Å². The lowest BCUT2D eigenvalue weighted by atomic mass is 9.97. The van der Waals surface area contributed by atoms with Crippen molar-refractivity contribution in [3.05, 3.63) is 90.0 Å². The summed E-state index contributed by atoms with van der Waals surface area (Å²) in [5.74, 6) is -1.28. The van der Waals surface area contributed by atoms with Crippen molar-refractivity contribution in [3.8, 4) is 0 Å². The van der Waals surface area contributed by atoms with Crippen LogP contribution in [0.5, 0.6) is 0 Å². The fourth-order valence-electron chi connectivity index (χ4n) is 4.07. The van der Waals surface area contributed by atoms with Crippen molar-refractivity contribution < 1.29 is 14.7 Å². The Bertz CT molecular complexity index is 1100. The van der Waals surface area contributed by atoms with Crippen molar-refractivity contribution in [2.75, 3.05) is 18.0 Å². The van der Waals surface area contributed by atoms with Gasteiger partial charge in [-0.15, -0.1) is 0 Å². The molecular formula is C30H36N2O3S. The molecule has 2 amide bonds. The van der Waals surface area contributed by atoms with E-state index >= 15 is 0 Å². The molecule has 0 heterocycles. The minimum atomic E-state index is -0.797. The third kappa shape index (κ3) is 8.16. The van der Waals surface area contributed by atoms with Gasteiger partial charge in [-0.05, 0) is 60.7 Å². The molecule has 0 aliphatic heterocycles. The topological polar surface area (TPSA) is 69.6 Å². The van der Waals surface area contributed by atoms with Crippen LogP contribution in [0, 0.1) is 0 Å². The van der Waals surface area contributed by atoms with Crippen LogP contribution in [0.2, 0.25) is 0 Å². The van der Waals surface area contributed by atoms with Gasteiger partial charge in [0, 0.05) is 28.6 Å². The average molecular weight is 505 g/mol. The Balaban J connectivity index is 1.74. The summed E-state index contributed by atoms with van der Waals surface area (Å²) in [6.45, 7) is 5.29. The zero-order chi connectivity index (χ0) is 25.8. The smallest absolute Gasteiger partial charge is 0.321 e.